The molecule has 2 aromatic carbocycles. The van der Waals surface area contributed by atoms with Crippen molar-refractivity contribution in [1.82, 2.24) is 14.7 Å². The number of carbonyl (C=O) groups is 1. The van der Waals surface area contributed by atoms with E-state index in [1.165, 1.54) is 5.56 Å². The molecule has 4 rings (SSSR count). The summed E-state index contributed by atoms with van der Waals surface area (Å²) in [7, 11) is 0. The van der Waals surface area contributed by atoms with Crippen LogP contribution in [0, 0.1) is 19.8 Å². The molecule has 31 heavy (non-hydrogen) atoms. The molecule has 5 heteroatoms. The van der Waals surface area contributed by atoms with Crippen LogP contribution in [0.3, 0.4) is 0 Å². The predicted octanol–water partition coefficient (Wildman–Crippen LogP) is 4.62. The molecule has 0 atom stereocenters. The van der Waals surface area contributed by atoms with Crippen molar-refractivity contribution in [3.8, 4) is 0 Å². The maximum Gasteiger partial charge on any atom is 0.253 e. The summed E-state index contributed by atoms with van der Waals surface area (Å²) in [5.74, 6) is 0.650. The first-order chi connectivity index (χ1) is 15.1. The van der Waals surface area contributed by atoms with E-state index in [0.29, 0.717) is 12.5 Å². The van der Waals surface area contributed by atoms with Crippen molar-refractivity contribution in [2.75, 3.05) is 19.7 Å². The summed E-state index contributed by atoms with van der Waals surface area (Å²) >= 11 is 0. The van der Waals surface area contributed by atoms with Crippen molar-refractivity contribution in [2.24, 2.45) is 5.92 Å². The molecule has 1 aromatic heterocycles. The Morgan fingerprint density at radius 3 is 2.35 bits per heavy atom. The Balaban J connectivity index is 1.24. The van der Waals surface area contributed by atoms with Gasteiger partial charge in [0, 0.05) is 31.0 Å². The average Bonchev–Trinajstić information content (AvgIpc) is 3.11. The van der Waals surface area contributed by atoms with Crippen LogP contribution >= 0.6 is 0 Å². The lowest BCUT2D eigenvalue weighted by atomic mass is 9.97. The molecule has 0 saturated carbocycles. The standard InChI is InChI=1S/C26H31N3O2/c1-20-16-21(2)29(27-20)17-22-8-10-25(11-9-22)26(30)28-14-12-24(13-15-28)19-31-18-23-6-4-3-5-7-23/h3-11,16,24H,12-15,17-19H2,1-2H3. The summed E-state index contributed by atoms with van der Waals surface area (Å²) in [5.41, 5.74) is 5.29. The van der Waals surface area contributed by atoms with Crippen molar-refractivity contribution < 1.29 is 9.53 Å². The zero-order chi connectivity index (χ0) is 21.6. The number of aromatic nitrogens is 2. The summed E-state index contributed by atoms with van der Waals surface area (Å²) in [6.45, 7) is 7.81. The SMILES string of the molecule is Cc1cc(C)n(Cc2ccc(C(=O)N3CCC(COCc4ccccc4)CC3)cc2)n1. The number of rotatable bonds is 7. The highest BCUT2D eigenvalue weighted by Gasteiger charge is 2.23. The van der Waals surface area contributed by atoms with Gasteiger partial charge in [0.2, 0.25) is 0 Å². The molecule has 1 aliphatic rings. The topological polar surface area (TPSA) is 47.4 Å². The summed E-state index contributed by atoms with van der Waals surface area (Å²) in [6, 6.07) is 20.3. The van der Waals surface area contributed by atoms with Gasteiger partial charge >= 0.3 is 0 Å². The van der Waals surface area contributed by atoms with Crippen molar-refractivity contribution in [3.05, 3.63) is 88.7 Å². The first-order valence-electron chi connectivity index (χ1n) is 11.1. The quantitative estimate of drug-likeness (QED) is 0.564. The molecule has 0 aliphatic carbocycles. The molecule has 5 nitrogen and oxygen atoms in total. The van der Waals surface area contributed by atoms with Crippen LogP contribution in [-0.4, -0.2) is 40.3 Å². The van der Waals surface area contributed by atoms with Crippen LogP contribution in [0.15, 0.2) is 60.7 Å². The van der Waals surface area contributed by atoms with Crippen molar-refractivity contribution in [2.45, 2.75) is 39.8 Å². The molecular weight excluding hydrogens is 386 g/mol. The van der Waals surface area contributed by atoms with Crippen LogP contribution in [0.5, 0.6) is 0 Å². The number of hydrogen-bond acceptors (Lipinski definition) is 3. The number of benzene rings is 2. The molecular formula is C26H31N3O2. The highest BCUT2D eigenvalue weighted by Crippen LogP contribution is 2.20. The second-order valence-electron chi connectivity index (χ2n) is 8.52. The van der Waals surface area contributed by atoms with Gasteiger partial charge in [-0.25, -0.2) is 0 Å². The van der Waals surface area contributed by atoms with E-state index in [-0.39, 0.29) is 5.91 Å². The minimum atomic E-state index is 0.126. The summed E-state index contributed by atoms with van der Waals surface area (Å²) < 4.78 is 7.90. The molecule has 0 bridgehead atoms. The number of amides is 1. The molecule has 0 spiro atoms. The van der Waals surface area contributed by atoms with E-state index in [2.05, 4.69) is 30.2 Å². The lowest BCUT2D eigenvalue weighted by molar-refractivity contribution is 0.0478. The first kappa shape index (κ1) is 21.3. The van der Waals surface area contributed by atoms with Crippen LogP contribution in [-0.2, 0) is 17.9 Å². The Morgan fingerprint density at radius 1 is 1.00 bits per heavy atom. The fraction of sp³-hybridized carbons (Fsp3) is 0.385. The number of hydrogen-bond donors (Lipinski definition) is 0. The lowest BCUT2D eigenvalue weighted by Gasteiger charge is -2.32. The molecule has 0 unspecified atom stereocenters. The smallest absolute Gasteiger partial charge is 0.253 e. The van der Waals surface area contributed by atoms with E-state index in [0.717, 1.165) is 61.6 Å². The molecule has 0 N–H and O–H groups in total. The van der Waals surface area contributed by atoms with Crippen molar-refractivity contribution in [1.29, 1.82) is 0 Å². The molecule has 1 saturated heterocycles. The third-order valence-corrected chi connectivity index (χ3v) is 6.00. The molecule has 1 amide bonds. The largest absolute Gasteiger partial charge is 0.376 e. The van der Waals surface area contributed by atoms with Gasteiger partial charge in [-0.15, -0.1) is 0 Å². The minimum absolute atomic E-state index is 0.126. The van der Waals surface area contributed by atoms with Crippen LogP contribution < -0.4 is 0 Å². The Kier molecular flexibility index (Phi) is 6.82. The fourth-order valence-electron chi connectivity index (χ4n) is 4.16. The van der Waals surface area contributed by atoms with Gasteiger partial charge in [-0.05, 0) is 61.9 Å². The second kappa shape index (κ2) is 9.92. The van der Waals surface area contributed by atoms with Crippen LogP contribution in [0.1, 0.15) is 45.7 Å². The molecule has 162 valence electrons. The first-order valence-corrected chi connectivity index (χ1v) is 11.1. The van der Waals surface area contributed by atoms with Crippen LogP contribution in [0.4, 0.5) is 0 Å². The molecule has 3 aromatic rings. The summed E-state index contributed by atoms with van der Waals surface area (Å²) in [4.78, 5) is 14.9. The van der Waals surface area contributed by atoms with Gasteiger partial charge in [0.1, 0.15) is 0 Å². The number of piperidine rings is 1. The van der Waals surface area contributed by atoms with Gasteiger partial charge < -0.3 is 9.64 Å². The number of likely N-dealkylation sites (tertiary alicyclic amines) is 1. The van der Waals surface area contributed by atoms with Gasteiger partial charge in [0.25, 0.3) is 5.91 Å². The van der Waals surface area contributed by atoms with Crippen LogP contribution in [0.2, 0.25) is 0 Å². The maximum absolute atomic E-state index is 12.9. The Labute approximate surface area is 184 Å². The van der Waals surface area contributed by atoms with Gasteiger partial charge in [-0.2, -0.15) is 5.10 Å². The summed E-state index contributed by atoms with van der Waals surface area (Å²) in [6.07, 6.45) is 1.99. The average molecular weight is 418 g/mol. The number of nitrogens with zero attached hydrogens (tertiary/aromatic N) is 3. The van der Waals surface area contributed by atoms with E-state index < -0.39 is 0 Å². The van der Waals surface area contributed by atoms with Crippen molar-refractivity contribution >= 4 is 5.91 Å². The predicted molar refractivity (Wildman–Crippen MR) is 122 cm³/mol. The van der Waals surface area contributed by atoms with E-state index >= 15 is 0 Å². The number of aryl methyl sites for hydroxylation is 2. The number of ether oxygens (including phenoxy) is 1. The highest BCUT2D eigenvalue weighted by atomic mass is 16.5. The van der Waals surface area contributed by atoms with Crippen LogP contribution in [0.25, 0.3) is 0 Å². The highest BCUT2D eigenvalue weighted by molar-refractivity contribution is 5.94. The van der Waals surface area contributed by atoms with E-state index in [4.69, 9.17) is 4.74 Å². The van der Waals surface area contributed by atoms with E-state index in [9.17, 15) is 4.79 Å². The Morgan fingerprint density at radius 2 is 1.71 bits per heavy atom. The fourth-order valence-corrected chi connectivity index (χ4v) is 4.16. The Hall–Kier alpha value is -2.92. The van der Waals surface area contributed by atoms with E-state index in [1.54, 1.807) is 0 Å². The van der Waals surface area contributed by atoms with Crippen molar-refractivity contribution in [3.63, 3.8) is 0 Å². The Bertz CT molecular complexity index is 987. The minimum Gasteiger partial charge on any atom is -0.376 e. The normalized spacial score (nSPS) is 14.7. The lowest BCUT2D eigenvalue weighted by Crippen LogP contribution is -2.39. The van der Waals surface area contributed by atoms with Gasteiger partial charge in [0.15, 0.2) is 0 Å². The molecule has 1 fully saturated rings. The van der Waals surface area contributed by atoms with Gasteiger partial charge in [-0.1, -0.05) is 42.5 Å². The third kappa shape index (κ3) is 5.61. The second-order valence-corrected chi connectivity index (χ2v) is 8.52. The zero-order valence-corrected chi connectivity index (χ0v) is 18.5. The molecule has 0 radical (unpaired) electrons. The number of carbonyl (C=O) groups excluding carboxylic acids is 1. The maximum atomic E-state index is 12.9. The van der Waals surface area contributed by atoms with Gasteiger partial charge in [0.05, 0.1) is 18.8 Å². The monoisotopic (exact) mass is 417 g/mol. The zero-order valence-electron chi connectivity index (χ0n) is 18.5. The van der Waals surface area contributed by atoms with Gasteiger partial charge in [-0.3, -0.25) is 9.48 Å². The molecule has 2 heterocycles. The molecule has 1 aliphatic heterocycles. The third-order valence-electron chi connectivity index (χ3n) is 6.00. The van der Waals surface area contributed by atoms with E-state index in [1.807, 2.05) is 59.0 Å². The summed E-state index contributed by atoms with van der Waals surface area (Å²) in [5, 5.41) is 4.51.